The predicted octanol–water partition coefficient (Wildman–Crippen LogP) is 3.03. The molecule has 2 heterocycles. The van der Waals surface area contributed by atoms with Crippen LogP contribution in [0, 0.1) is 0 Å². The zero-order valence-electron chi connectivity index (χ0n) is 9.98. The molecule has 0 bridgehead atoms. The summed E-state index contributed by atoms with van der Waals surface area (Å²) in [6, 6.07) is 4.39. The van der Waals surface area contributed by atoms with E-state index in [0.717, 1.165) is 23.0 Å². The van der Waals surface area contributed by atoms with E-state index in [1.54, 1.807) is 11.3 Å². The Morgan fingerprint density at radius 1 is 1.53 bits per heavy atom. The van der Waals surface area contributed by atoms with Crippen LogP contribution in [0.2, 0.25) is 4.34 Å². The molecule has 3 nitrogen and oxygen atoms in total. The summed E-state index contributed by atoms with van der Waals surface area (Å²) in [4.78, 5) is 5.62. The van der Waals surface area contributed by atoms with Gasteiger partial charge in [0.25, 0.3) is 0 Å². The highest BCUT2D eigenvalue weighted by molar-refractivity contribution is 7.16. The van der Waals surface area contributed by atoms with Gasteiger partial charge in [-0.15, -0.1) is 11.3 Å². The molecule has 0 aliphatic rings. The molecule has 0 aliphatic heterocycles. The van der Waals surface area contributed by atoms with E-state index in [-0.39, 0.29) is 0 Å². The fourth-order valence-electron chi connectivity index (χ4n) is 1.86. The smallest absolute Gasteiger partial charge is 0.108 e. The largest absolute Gasteiger partial charge is 0.338 e. The van der Waals surface area contributed by atoms with E-state index in [1.807, 2.05) is 32.6 Å². The number of aromatic nitrogens is 2. The number of hydrogen-bond acceptors (Lipinski definition) is 3. The molecule has 0 saturated heterocycles. The highest BCUT2D eigenvalue weighted by Crippen LogP contribution is 2.29. The molecule has 5 heteroatoms. The standard InChI is InChI=1S/C12H16ClN3S/c1-14-9(10-4-5-11(13)17-10)3-6-12-15-7-8-16(12)2/h4-5,7-9,14H,3,6H2,1-2H3. The minimum atomic E-state index is 0.351. The number of thiophene rings is 1. The third-order valence-electron chi connectivity index (χ3n) is 2.86. The lowest BCUT2D eigenvalue weighted by atomic mass is 10.1. The van der Waals surface area contributed by atoms with Crippen LogP contribution >= 0.6 is 22.9 Å². The number of nitrogens with one attached hydrogen (secondary N) is 1. The van der Waals surface area contributed by atoms with Gasteiger partial charge >= 0.3 is 0 Å². The van der Waals surface area contributed by atoms with Crippen LogP contribution in [0.1, 0.15) is 23.2 Å². The van der Waals surface area contributed by atoms with Gasteiger partial charge in [-0.3, -0.25) is 0 Å². The average Bonchev–Trinajstić information content (AvgIpc) is 2.90. The lowest BCUT2D eigenvalue weighted by Crippen LogP contribution is -2.16. The first-order chi connectivity index (χ1) is 8.20. The van der Waals surface area contributed by atoms with Crippen molar-refractivity contribution in [1.82, 2.24) is 14.9 Å². The monoisotopic (exact) mass is 269 g/mol. The van der Waals surface area contributed by atoms with Gasteiger partial charge in [0, 0.05) is 36.8 Å². The first kappa shape index (κ1) is 12.6. The molecule has 0 fully saturated rings. The van der Waals surface area contributed by atoms with Crippen molar-refractivity contribution in [3.8, 4) is 0 Å². The molecule has 2 rings (SSSR count). The van der Waals surface area contributed by atoms with Crippen LogP contribution in [-0.2, 0) is 13.5 Å². The maximum Gasteiger partial charge on any atom is 0.108 e. The van der Waals surface area contributed by atoms with E-state index in [9.17, 15) is 0 Å². The van der Waals surface area contributed by atoms with Crippen LogP contribution in [0.5, 0.6) is 0 Å². The Bertz CT molecular complexity index is 478. The number of rotatable bonds is 5. The summed E-state index contributed by atoms with van der Waals surface area (Å²) >= 11 is 7.60. The van der Waals surface area contributed by atoms with Crippen LogP contribution < -0.4 is 5.32 Å². The van der Waals surface area contributed by atoms with Crippen molar-refractivity contribution in [3.05, 3.63) is 39.6 Å². The molecule has 2 aromatic rings. The Morgan fingerprint density at radius 3 is 2.88 bits per heavy atom. The summed E-state index contributed by atoms with van der Waals surface area (Å²) in [5.74, 6) is 1.12. The van der Waals surface area contributed by atoms with Crippen LogP contribution in [0.15, 0.2) is 24.5 Å². The van der Waals surface area contributed by atoms with Crippen molar-refractivity contribution in [3.63, 3.8) is 0 Å². The Kier molecular flexibility index (Phi) is 4.20. The lowest BCUT2D eigenvalue weighted by Gasteiger charge is -2.14. The Labute approximate surface area is 110 Å². The van der Waals surface area contributed by atoms with Gasteiger partial charge in [-0.05, 0) is 25.6 Å². The molecule has 0 aliphatic carbocycles. The van der Waals surface area contributed by atoms with Crippen molar-refractivity contribution < 1.29 is 0 Å². The van der Waals surface area contributed by atoms with Gasteiger partial charge in [-0.25, -0.2) is 4.98 Å². The quantitative estimate of drug-likeness (QED) is 0.904. The van der Waals surface area contributed by atoms with Crippen molar-refractivity contribution in [2.75, 3.05) is 7.05 Å². The molecule has 0 aromatic carbocycles. The summed E-state index contributed by atoms with van der Waals surface area (Å²) in [6.07, 6.45) is 5.81. The summed E-state index contributed by atoms with van der Waals surface area (Å²) in [7, 11) is 4.01. The zero-order valence-corrected chi connectivity index (χ0v) is 11.6. The first-order valence-corrected chi connectivity index (χ1v) is 6.79. The highest BCUT2D eigenvalue weighted by atomic mass is 35.5. The van der Waals surface area contributed by atoms with Crippen molar-refractivity contribution in [1.29, 1.82) is 0 Å². The van der Waals surface area contributed by atoms with Gasteiger partial charge in [0.1, 0.15) is 5.82 Å². The third-order valence-corrected chi connectivity index (χ3v) is 4.21. The van der Waals surface area contributed by atoms with Gasteiger partial charge in [0.2, 0.25) is 0 Å². The molecule has 1 N–H and O–H groups in total. The summed E-state index contributed by atoms with van der Waals surface area (Å²) in [5, 5.41) is 3.33. The Morgan fingerprint density at radius 2 is 2.35 bits per heavy atom. The van der Waals surface area contributed by atoms with Crippen molar-refractivity contribution >= 4 is 22.9 Å². The van der Waals surface area contributed by atoms with Crippen LogP contribution in [0.25, 0.3) is 0 Å². The fourth-order valence-corrected chi connectivity index (χ4v) is 3.06. The molecule has 0 amide bonds. The second-order valence-corrected chi connectivity index (χ2v) is 5.72. The summed E-state index contributed by atoms with van der Waals surface area (Å²) in [5.41, 5.74) is 0. The van der Waals surface area contributed by atoms with Gasteiger partial charge in [0.15, 0.2) is 0 Å². The van der Waals surface area contributed by atoms with Crippen LogP contribution in [0.4, 0.5) is 0 Å². The van der Waals surface area contributed by atoms with Crippen LogP contribution in [0.3, 0.4) is 0 Å². The van der Waals surface area contributed by atoms with Crippen molar-refractivity contribution in [2.45, 2.75) is 18.9 Å². The van der Waals surface area contributed by atoms with E-state index in [4.69, 9.17) is 11.6 Å². The zero-order chi connectivity index (χ0) is 12.3. The normalized spacial score (nSPS) is 12.9. The number of aryl methyl sites for hydroxylation is 2. The van der Waals surface area contributed by atoms with Gasteiger partial charge in [-0.1, -0.05) is 11.6 Å². The minimum absolute atomic E-state index is 0.351. The molecule has 0 saturated carbocycles. The van der Waals surface area contributed by atoms with E-state index >= 15 is 0 Å². The van der Waals surface area contributed by atoms with Gasteiger partial charge < -0.3 is 9.88 Å². The Balaban J connectivity index is 1.99. The van der Waals surface area contributed by atoms with E-state index in [0.29, 0.717) is 6.04 Å². The SMILES string of the molecule is CNC(CCc1nccn1C)c1ccc(Cl)s1. The second kappa shape index (κ2) is 5.67. The summed E-state index contributed by atoms with van der Waals surface area (Å²) < 4.78 is 2.91. The van der Waals surface area contributed by atoms with Gasteiger partial charge in [-0.2, -0.15) is 0 Å². The molecule has 1 unspecified atom stereocenters. The van der Waals surface area contributed by atoms with E-state index < -0.39 is 0 Å². The molecule has 2 aromatic heterocycles. The second-order valence-electron chi connectivity index (χ2n) is 3.98. The lowest BCUT2D eigenvalue weighted by molar-refractivity contribution is 0.543. The molecule has 17 heavy (non-hydrogen) atoms. The minimum Gasteiger partial charge on any atom is -0.338 e. The predicted molar refractivity (Wildman–Crippen MR) is 72.7 cm³/mol. The molecule has 0 spiro atoms. The topological polar surface area (TPSA) is 29.9 Å². The number of halogens is 1. The van der Waals surface area contributed by atoms with Crippen LogP contribution in [-0.4, -0.2) is 16.6 Å². The molecule has 0 radical (unpaired) electrons. The highest BCUT2D eigenvalue weighted by Gasteiger charge is 2.12. The average molecular weight is 270 g/mol. The van der Waals surface area contributed by atoms with E-state index in [2.05, 4.69) is 20.9 Å². The fraction of sp³-hybridized carbons (Fsp3) is 0.417. The number of hydrogen-bond donors (Lipinski definition) is 1. The van der Waals surface area contributed by atoms with Crippen molar-refractivity contribution in [2.24, 2.45) is 7.05 Å². The molecular formula is C12H16ClN3S. The maximum atomic E-state index is 5.96. The molecule has 92 valence electrons. The third kappa shape index (κ3) is 3.09. The number of nitrogens with zero attached hydrogens (tertiary/aromatic N) is 2. The van der Waals surface area contributed by atoms with Gasteiger partial charge in [0.05, 0.1) is 4.34 Å². The first-order valence-electron chi connectivity index (χ1n) is 5.59. The molecular weight excluding hydrogens is 254 g/mol. The summed E-state index contributed by atoms with van der Waals surface area (Å²) in [6.45, 7) is 0. The number of imidazole rings is 1. The van der Waals surface area contributed by atoms with E-state index in [1.165, 1.54) is 4.88 Å². The molecule has 1 atom stereocenters. The Hall–Kier alpha value is -0.840. The maximum absolute atomic E-state index is 5.96.